The highest BCUT2D eigenvalue weighted by atomic mass is 14.8. The Hall–Kier alpha value is -2.22. The molecule has 252 valence electrons. The minimum Gasteiger partial charge on any atom is -0.256 e. The fourth-order valence-electron chi connectivity index (χ4n) is 7.02. The number of nitrogens with zero attached hydrogens (tertiary/aromatic N) is 2. The van der Waals surface area contributed by atoms with Gasteiger partial charge in [-0.25, -0.2) is 0 Å². The summed E-state index contributed by atoms with van der Waals surface area (Å²) in [5, 5.41) is 0. The molecule has 2 nitrogen and oxygen atoms in total. The zero-order chi connectivity index (χ0) is 33.9. The molecule has 2 rings (SSSR count). The van der Waals surface area contributed by atoms with E-state index in [0.29, 0.717) is 23.7 Å². The average molecular weight is 615 g/mol. The lowest BCUT2D eigenvalue weighted by Gasteiger charge is -2.30. The highest BCUT2D eigenvalue weighted by Crippen LogP contribution is 2.43. The van der Waals surface area contributed by atoms with Crippen LogP contribution in [0.1, 0.15) is 201 Å². The molecule has 0 saturated carbocycles. The zero-order valence-corrected chi connectivity index (χ0v) is 32.0. The Kier molecular flexibility index (Phi) is 15.3. The molecule has 0 saturated heterocycles. The molecule has 0 N–H and O–H groups in total. The monoisotopic (exact) mass is 615 g/mol. The van der Waals surface area contributed by atoms with E-state index in [1.165, 1.54) is 45.1 Å². The van der Waals surface area contributed by atoms with Crippen LogP contribution in [0, 0.1) is 10.8 Å². The third-order valence-corrected chi connectivity index (χ3v) is 10.5. The topological polar surface area (TPSA) is 24.7 Å². The van der Waals surface area contributed by atoms with Gasteiger partial charge in [0.05, 0.1) is 11.4 Å². The molecule has 2 aromatic carbocycles. The summed E-state index contributed by atoms with van der Waals surface area (Å²) in [6.45, 7) is 32.7. The Balaban J connectivity index is 2.98. The van der Waals surface area contributed by atoms with E-state index < -0.39 is 0 Å². The van der Waals surface area contributed by atoms with Crippen molar-refractivity contribution in [3.8, 4) is 0 Å². The lowest BCUT2D eigenvalue weighted by molar-refractivity contribution is 0.563. The second-order valence-electron chi connectivity index (χ2n) is 15.4. The van der Waals surface area contributed by atoms with Crippen LogP contribution in [0.4, 0.5) is 11.4 Å². The summed E-state index contributed by atoms with van der Waals surface area (Å²) in [6.07, 6.45) is 9.87. The van der Waals surface area contributed by atoms with Crippen molar-refractivity contribution in [2.24, 2.45) is 20.8 Å². The van der Waals surface area contributed by atoms with E-state index in [0.717, 1.165) is 57.8 Å². The van der Waals surface area contributed by atoms with E-state index in [2.05, 4.69) is 133 Å². The predicted molar refractivity (Wildman–Crippen MR) is 204 cm³/mol. The first-order valence-electron chi connectivity index (χ1n) is 18.7. The van der Waals surface area contributed by atoms with Gasteiger partial charge < -0.3 is 0 Å². The van der Waals surface area contributed by atoms with Crippen molar-refractivity contribution in [2.45, 2.75) is 178 Å². The molecule has 0 aliphatic heterocycles. The maximum atomic E-state index is 5.77. The van der Waals surface area contributed by atoms with Crippen molar-refractivity contribution in [3.63, 3.8) is 0 Å². The number of aliphatic imine (C=N–C) groups is 2. The highest BCUT2D eigenvalue weighted by Gasteiger charge is 2.30. The van der Waals surface area contributed by atoms with Crippen molar-refractivity contribution < 1.29 is 0 Å². The number of hydrogen-bond donors (Lipinski definition) is 0. The summed E-state index contributed by atoms with van der Waals surface area (Å²) in [6, 6.07) is 14.0. The van der Waals surface area contributed by atoms with Crippen LogP contribution in [0.25, 0.3) is 0 Å². The molecule has 0 spiro atoms. The van der Waals surface area contributed by atoms with Crippen LogP contribution >= 0.6 is 0 Å². The minimum absolute atomic E-state index is 0.0919. The van der Waals surface area contributed by atoms with Gasteiger partial charge in [0.25, 0.3) is 0 Å². The molecular formula is C43H70N2. The van der Waals surface area contributed by atoms with E-state index in [1.807, 2.05) is 0 Å². The van der Waals surface area contributed by atoms with Gasteiger partial charge in [-0.2, -0.15) is 0 Å². The van der Waals surface area contributed by atoms with Crippen LogP contribution in [-0.4, -0.2) is 11.4 Å². The van der Waals surface area contributed by atoms with Gasteiger partial charge in [-0.05, 0) is 97.3 Å². The van der Waals surface area contributed by atoms with E-state index in [9.17, 15) is 0 Å². The van der Waals surface area contributed by atoms with Crippen molar-refractivity contribution in [2.75, 3.05) is 0 Å². The molecular weight excluding hydrogens is 544 g/mol. The standard InChI is InChI=1S/C43H70N2/c1-15-30(16-2)34-25-23-26-35(31(17-3)18-4)40(34)44-38(42(9,10)11)29-39(43(12,13)14)45-41-36(32(19-5)20-6)27-24-28-37(41)33(21-7)22-8/h23-28,30-33H,15-22,29H2,1-14H3. The van der Waals surface area contributed by atoms with E-state index >= 15 is 0 Å². The molecule has 0 aliphatic rings. The summed E-state index contributed by atoms with van der Waals surface area (Å²) in [5.74, 6) is 2.07. The normalized spacial score (nSPS) is 13.6. The van der Waals surface area contributed by atoms with Crippen LogP contribution in [-0.2, 0) is 0 Å². The van der Waals surface area contributed by atoms with Crippen LogP contribution in [0.5, 0.6) is 0 Å². The first-order chi connectivity index (χ1) is 21.2. The van der Waals surface area contributed by atoms with E-state index in [1.54, 1.807) is 0 Å². The SMILES string of the molecule is CCC(CC)c1cccc(C(CC)CC)c1N=C(CC(=Nc1c(C(CC)CC)cccc1C(CC)CC)C(C)(C)C)C(C)(C)C. The van der Waals surface area contributed by atoms with Crippen molar-refractivity contribution in [3.05, 3.63) is 58.7 Å². The van der Waals surface area contributed by atoms with Crippen LogP contribution in [0.15, 0.2) is 46.4 Å². The maximum Gasteiger partial charge on any atom is 0.0698 e. The average Bonchev–Trinajstić information content (AvgIpc) is 2.99. The number of hydrogen-bond acceptors (Lipinski definition) is 2. The maximum absolute atomic E-state index is 5.77. The minimum atomic E-state index is -0.0919. The first kappa shape index (κ1) is 39.0. The van der Waals surface area contributed by atoms with Crippen molar-refractivity contribution in [1.82, 2.24) is 0 Å². The molecule has 0 bridgehead atoms. The largest absolute Gasteiger partial charge is 0.256 e. The molecule has 0 aromatic heterocycles. The summed E-state index contributed by atoms with van der Waals surface area (Å²) in [7, 11) is 0. The third kappa shape index (κ3) is 9.89. The van der Waals surface area contributed by atoms with Gasteiger partial charge in [0.2, 0.25) is 0 Å². The van der Waals surface area contributed by atoms with Gasteiger partial charge in [-0.1, -0.05) is 133 Å². The van der Waals surface area contributed by atoms with Gasteiger partial charge in [0.1, 0.15) is 0 Å². The molecule has 2 aromatic rings. The lowest BCUT2D eigenvalue weighted by Crippen LogP contribution is -2.29. The summed E-state index contributed by atoms with van der Waals surface area (Å²) >= 11 is 0. The second-order valence-corrected chi connectivity index (χ2v) is 15.4. The fourth-order valence-corrected chi connectivity index (χ4v) is 7.02. The quantitative estimate of drug-likeness (QED) is 0.168. The Morgan fingerprint density at radius 3 is 0.844 bits per heavy atom. The molecule has 0 atom stereocenters. The van der Waals surface area contributed by atoms with Gasteiger partial charge in [-0.15, -0.1) is 0 Å². The highest BCUT2D eigenvalue weighted by molar-refractivity contribution is 6.10. The first-order valence-corrected chi connectivity index (χ1v) is 18.7. The molecule has 0 radical (unpaired) electrons. The zero-order valence-electron chi connectivity index (χ0n) is 32.0. The predicted octanol–water partition coefficient (Wildman–Crippen LogP) is 14.6. The Bertz CT molecular complexity index is 1080. The van der Waals surface area contributed by atoms with Gasteiger partial charge in [0.15, 0.2) is 0 Å². The second kappa shape index (κ2) is 17.6. The molecule has 2 heteroatoms. The van der Waals surface area contributed by atoms with Crippen LogP contribution in [0.2, 0.25) is 0 Å². The number of para-hydroxylation sites is 2. The molecule has 45 heavy (non-hydrogen) atoms. The summed E-state index contributed by atoms with van der Waals surface area (Å²) < 4.78 is 0. The van der Waals surface area contributed by atoms with Gasteiger partial charge in [-0.3, -0.25) is 9.98 Å². The van der Waals surface area contributed by atoms with Crippen molar-refractivity contribution >= 4 is 22.8 Å². The lowest BCUT2D eigenvalue weighted by atomic mass is 9.79. The van der Waals surface area contributed by atoms with Crippen molar-refractivity contribution in [1.29, 1.82) is 0 Å². The molecule has 0 unspecified atom stereocenters. The molecule has 0 amide bonds. The fraction of sp³-hybridized carbons (Fsp3) is 0.674. The van der Waals surface area contributed by atoms with E-state index in [-0.39, 0.29) is 10.8 Å². The summed E-state index contributed by atoms with van der Waals surface area (Å²) in [4.78, 5) is 11.5. The van der Waals surface area contributed by atoms with E-state index in [4.69, 9.17) is 9.98 Å². The third-order valence-electron chi connectivity index (χ3n) is 10.5. The molecule has 0 fully saturated rings. The smallest absolute Gasteiger partial charge is 0.0698 e. The van der Waals surface area contributed by atoms with Crippen LogP contribution in [0.3, 0.4) is 0 Å². The molecule has 0 aliphatic carbocycles. The van der Waals surface area contributed by atoms with Gasteiger partial charge in [0, 0.05) is 28.7 Å². The Morgan fingerprint density at radius 2 is 0.667 bits per heavy atom. The van der Waals surface area contributed by atoms with Crippen LogP contribution < -0.4 is 0 Å². The van der Waals surface area contributed by atoms with Gasteiger partial charge >= 0.3 is 0 Å². The summed E-state index contributed by atoms with van der Waals surface area (Å²) in [5.41, 5.74) is 10.5. The molecule has 0 heterocycles. The Morgan fingerprint density at radius 1 is 0.444 bits per heavy atom. The Labute approximate surface area is 280 Å². The number of rotatable bonds is 16. The number of benzene rings is 2.